The lowest BCUT2D eigenvalue weighted by Gasteiger charge is -2.31. The van der Waals surface area contributed by atoms with Gasteiger partial charge >= 0.3 is 0 Å². The van der Waals surface area contributed by atoms with Crippen molar-refractivity contribution in [2.45, 2.75) is 72.1 Å². The monoisotopic (exact) mass is 234 g/mol. The molecule has 0 heteroatoms. The first-order valence-corrected chi connectivity index (χ1v) is 7.26. The quantitative estimate of drug-likeness (QED) is 0.341. The molecule has 0 saturated carbocycles. The molecule has 0 radical (unpaired) electrons. The summed E-state index contributed by atoms with van der Waals surface area (Å²) in [4.78, 5) is 0. The summed E-state index contributed by atoms with van der Waals surface area (Å²) in [6.07, 6.45) is 17.5. The molecule has 0 nitrogen and oxygen atoms in total. The molecule has 0 aromatic carbocycles. The van der Waals surface area contributed by atoms with E-state index in [1.54, 1.807) is 0 Å². The number of hydrogen-bond donors (Lipinski definition) is 0. The molecular weight excluding hydrogens is 204 g/mol. The Labute approximate surface area is 109 Å². The van der Waals surface area contributed by atoms with Crippen LogP contribution in [0.25, 0.3) is 0 Å². The maximum Gasteiger partial charge on any atom is 0.0312 e. The van der Waals surface area contributed by atoms with Gasteiger partial charge in [-0.1, -0.05) is 52.0 Å². The summed E-state index contributed by atoms with van der Waals surface area (Å²) >= 11 is 0. The molecule has 0 heterocycles. The Balaban J connectivity index is 4.48. The van der Waals surface area contributed by atoms with Crippen molar-refractivity contribution in [3.63, 3.8) is 0 Å². The summed E-state index contributed by atoms with van der Waals surface area (Å²) in [6.45, 7) is 10.6. The van der Waals surface area contributed by atoms with Crippen molar-refractivity contribution in [1.29, 1.82) is 0 Å². The topological polar surface area (TPSA) is 0 Å². The number of unbranched alkanes of at least 4 members (excludes halogenated alkanes) is 1. The Morgan fingerprint density at radius 3 is 2.47 bits per heavy atom. The number of hydrogen-bond acceptors (Lipinski definition) is 0. The fourth-order valence-electron chi connectivity index (χ4n) is 2.53. The van der Waals surface area contributed by atoms with E-state index in [0.717, 1.165) is 18.8 Å². The van der Waals surface area contributed by atoms with Crippen LogP contribution >= 0.6 is 0 Å². The maximum atomic E-state index is 5.82. The van der Waals surface area contributed by atoms with Gasteiger partial charge in [0.1, 0.15) is 0 Å². The second kappa shape index (κ2) is 9.34. The van der Waals surface area contributed by atoms with Crippen LogP contribution in [0.4, 0.5) is 0 Å². The van der Waals surface area contributed by atoms with Crippen LogP contribution in [0.1, 0.15) is 72.1 Å². The minimum atomic E-state index is 0.151. The molecule has 0 fully saturated rings. The van der Waals surface area contributed by atoms with Gasteiger partial charge in [-0.25, -0.2) is 0 Å². The molecule has 0 aliphatic carbocycles. The van der Waals surface area contributed by atoms with Crippen LogP contribution in [0.15, 0.2) is 12.7 Å². The fourth-order valence-corrected chi connectivity index (χ4v) is 2.53. The van der Waals surface area contributed by atoms with E-state index in [0.29, 0.717) is 0 Å². The van der Waals surface area contributed by atoms with Crippen molar-refractivity contribution >= 4 is 0 Å². The summed E-state index contributed by atoms with van der Waals surface area (Å²) in [6, 6.07) is 0. The van der Waals surface area contributed by atoms with E-state index >= 15 is 0 Å². The Morgan fingerprint density at radius 2 is 2.06 bits per heavy atom. The Kier molecular flexibility index (Phi) is 8.96. The summed E-state index contributed by atoms with van der Waals surface area (Å²) in [5.41, 5.74) is 0.151. The molecule has 2 atom stereocenters. The molecule has 0 spiro atoms. The highest BCUT2D eigenvalue weighted by Crippen LogP contribution is 2.37. The van der Waals surface area contributed by atoms with Gasteiger partial charge in [0.05, 0.1) is 0 Å². The van der Waals surface area contributed by atoms with E-state index in [9.17, 15) is 0 Å². The Morgan fingerprint density at radius 1 is 1.35 bits per heavy atom. The van der Waals surface area contributed by atoms with E-state index in [1.165, 1.54) is 38.5 Å². The molecule has 0 aromatic heterocycles. The average molecular weight is 234 g/mol. The van der Waals surface area contributed by atoms with Gasteiger partial charge in [-0.15, -0.1) is 13.0 Å². The summed E-state index contributed by atoms with van der Waals surface area (Å²) in [5.74, 6) is 3.88. The van der Waals surface area contributed by atoms with E-state index in [-0.39, 0.29) is 5.41 Å². The lowest BCUT2D eigenvalue weighted by atomic mass is 9.72. The van der Waals surface area contributed by atoms with Crippen LogP contribution in [-0.2, 0) is 0 Å². The third-order valence-electron chi connectivity index (χ3n) is 4.03. The molecule has 0 aliphatic heterocycles. The maximum absolute atomic E-state index is 5.82. The van der Waals surface area contributed by atoms with Gasteiger partial charge in [0.25, 0.3) is 0 Å². The largest absolute Gasteiger partial charge is 0.120 e. The van der Waals surface area contributed by atoms with Crippen molar-refractivity contribution in [2.75, 3.05) is 0 Å². The molecular formula is C17H30. The fraction of sp³-hybridized carbons (Fsp3) is 0.765. The Bertz CT molecular complexity index is 233. The lowest BCUT2D eigenvalue weighted by Crippen LogP contribution is -2.22. The molecule has 0 saturated heterocycles. The van der Waals surface area contributed by atoms with Gasteiger partial charge in [0.2, 0.25) is 0 Å². The highest BCUT2D eigenvalue weighted by Gasteiger charge is 2.27. The van der Waals surface area contributed by atoms with Gasteiger partial charge in [-0.05, 0) is 38.0 Å². The van der Waals surface area contributed by atoms with Crippen molar-refractivity contribution < 1.29 is 0 Å². The summed E-state index contributed by atoms with van der Waals surface area (Å²) in [5, 5.41) is 0. The molecule has 98 valence electrons. The zero-order chi connectivity index (χ0) is 13.1. The van der Waals surface area contributed by atoms with Gasteiger partial charge < -0.3 is 0 Å². The van der Waals surface area contributed by atoms with Crippen LogP contribution < -0.4 is 0 Å². The molecule has 0 rings (SSSR count). The minimum Gasteiger partial charge on any atom is -0.120 e. The van der Waals surface area contributed by atoms with Gasteiger partial charge in [0, 0.05) is 5.41 Å². The van der Waals surface area contributed by atoms with E-state index in [2.05, 4.69) is 33.3 Å². The summed E-state index contributed by atoms with van der Waals surface area (Å²) < 4.78 is 0. The third-order valence-corrected chi connectivity index (χ3v) is 4.03. The zero-order valence-electron chi connectivity index (χ0n) is 12.1. The average Bonchev–Trinajstić information content (AvgIpc) is 2.39. The lowest BCUT2D eigenvalue weighted by molar-refractivity contribution is 0.246. The highest BCUT2D eigenvalue weighted by atomic mass is 14.3. The zero-order valence-corrected chi connectivity index (χ0v) is 12.1. The van der Waals surface area contributed by atoms with Gasteiger partial charge in [0.15, 0.2) is 0 Å². The van der Waals surface area contributed by atoms with Crippen LogP contribution in [0.3, 0.4) is 0 Å². The van der Waals surface area contributed by atoms with Gasteiger partial charge in [-0.2, -0.15) is 0 Å². The van der Waals surface area contributed by atoms with Crippen LogP contribution in [-0.4, -0.2) is 0 Å². The molecule has 0 aromatic rings. The standard InChI is InChI=1S/C17H30/c1-6-11-13-16(8-3)15-17(9-4,10-5)14-12-7-2/h4,6,16H,1,7-8,10-15H2,2-3,5H3. The first kappa shape index (κ1) is 16.3. The molecule has 17 heavy (non-hydrogen) atoms. The minimum absolute atomic E-state index is 0.151. The smallest absolute Gasteiger partial charge is 0.0312 e. The van der Waals surface area contributed by atoms with Crippen LogP contribution in [0.2, 0.25) is 0 Å². The number of terminal acetylenes is 1. The molecule has 0 N–H and O–H groups in total. The van der Waals surface area contributed by atoms with Crippen molar-refractivity contribution in [2.24, 2.45) is 11.3 Å². The van der Waals surface area contributed by atoms with Gasteiger partial charge in [-0.3, -0.25) is 0 Å². The van der Waals surface area contributed by atoms with E-state index in [4.69, 9.17) is 6.42 Å². The molecule has 0 bridgehead atoms. The van der Waals surface area contributed by atoms with Crippen LogP contribution in [0.5, 0.6) is 0 Å². The summed E-state index contributed by atoms with van der Waals surface area (Å²) in [7, 11) is 0. The normalized spacial score (nSPS) is 15.9. The predicted molar refractivity (Wildman–Crippen MR) is 78.9 cm³/mol. The molecule has 2 unspecified atom stereocenters. The molecule has 0 aliphatic rings. The first-order valence-electron chi connectivity index (χ1n) is 7.26. The van der Waals surface area contributed by atoms with Crippen molar-refractivity contribution in [3.8, 4) is 12.3 Å². The Hall–Kier alpha value is -0.700. The van der Waals surface area contributed by atoms with Crippen molar-refractivity contribution in [1.82, 2.24) is 0 Å². The number of allylic oxidation sites excluding steroid dienone is 1. The predicted octanol–water partition coefficient (Wildman–Crippen LogP) is 5.59. The SMILES string of the molecule is C#CC(CC)(CCCC)CC(CC)CCC=C. The second-order valence-electron chi connectivity index (χ2n) is 5.23. The van der Waals surface area contributed by atoms with Crippen molar-refractivity contribution in [3.05, 3.63) is 12.7 Å². The highest BCUT2D eigenvalue weighted by molar-refractivity contribution is 5.05. The number of rotatable bonds is 10. The van der Waals surface area contributed by atoms with E-state index < -0.39 is 0 Å². The van der Waals surface area contributed by atoms with E-state index in [1.807, 2.05) is 6.08 Å². The third kappa shape index (κ3) is 5.97. The van der Waals surface area contributed by atoms with Crippen LogP contribution in [0, 0.1) is 23.7 Å². The molecule has 0 amide bonds. The second-order valence-corrected chi connectivity index (χ2v) is 5.23. The first-order chi connectivity index (χ1) is 8.17.